The van der Waals surface area contributed by atoms with Crippen LogP contribution in [0.15, 0.2) is 59.5 Å². The van der Waals surface area contributed by atoms with Crippen LogP contribution in [0.3, 0.4) is 0 Å². The average Bonchev–Trinajstić information content (AvgIpc) is 2.83. The molecule has 1 saturated heterocycles. The summed E-state index contributed by atoms with van der Waals surface area (Å²) in [6.07, 6.45) is 1.72. The molecule has 5 heteroatoms. The van der Waals surface area contributed by atoms with E-state index in [1.54, 1.807) is 37.5 Å². The first kappa shape index (κ1) is 14.4. The number of nitrogens with zero attached hydrogens (tertiary/aromatic N) is 1. The van der Waals surface area contributed by atoms with Crippen molar-refractivity contribution in [3.05, 3.63) is 65.1 Å². The maximum absolute atomic E-state index is 12.4. The maximum atomic E-state index is 12.4. The van der Waals surface area contributed by atoms with Crippen LogP contribution in [0.25, 0.3) is 6.08 Å². The third-order valence-corrected chi connectivity index (χ3v) is 4.09. The smallest absolute Gasteiger partial charge is 0.298 e. The molecule has 3 rings (SSSR count). The van der Waals surface area contributed by atoms with E-state index in [9.17, 15) is 9.59 Å². The molecule has 0 atom stereocenters. The van der Waals surface area contributed by atoms with Gasteiger partial charge in [-0.25, -0.2) is 4.90 Å². The largest absolute Gasteiger partial charge is 0.497 e. The molecular weight excluding hydrogens is 298 g/mol. The maximum Gasteiger partial charge on any atom is 0.298 e. The average molecular weight is 311 g/mol. The fourth-order valence-electron chi connectivity index (χ4n) is 2.12. The summed E-state index contributed by atoms with van der Waals surface area (Å²) in [6, 6.07) is 16.2. The molecule has 1 fully saturated rings. The second-order valence-corrected chi connectivity index (χ2v) is 5.62. The minimum absolute atomic E-state index is 0.282. The van der Waals surface area contributed by atoms with Gasteiger partial charge in [-0.2, -0.15) is 0 Å². The Hall–Kier alpha value is -2.53. The molecular formula is C17H13NO3S. The molecule has 0 bridgehead atoms. The van der Waals surface area contributed by atoms with E-state index in [0.29, 0.717) is 10.6 Å². The van der Waals surface area contributed by atoms with E-state index < -0.39 is 0 Å². The Morgan fingerprint density at radius 3 is 2.32 bits per heavy atom. The second-order valence-electron chi connectivity index (χ2n) is 4.63. The van der Waals surface area contributed by atoms with Crippen LogP contribution in [0.4, 0.5) is 10.5 Å². The Morgan fingerprint density at radius 1 is 1.00 bits per heavy atom. The van der Waals surface area contributed by atoms with Gasteiger partial charge in [0.2, 0.25) is 0 Å². The van der Waals surface area contributed by atoms with Crippen LogP contribution in [-0.2, 0) is 4.79 Å². The SMILES string of the molecule is COc1ccc(/C=C2\SC(=O)N(c3ccccc3)C2=O)cc1. The van der Waals surface area contributed by atoms with Gasteiger partial charge in [-0.15, -0.1) is 0 Å². The first-order valence-corrected chi connectivity index (χ1v) is 7.48. The molecule has 1 aliphatic rings. The number of hydrogen-bond donors (Lipinski definition) is 0. The minimum atomic E-state index is -0.294. The van der Waals surface area contributed by atoms with Gasteiger partial charge in [0.05, 0.1) is 17.7 Å². The predicted molar refractivity (Wildman–Crippen MR) is 87.9 cm³/mol. The van der Waals surface area contributed by atoms with Gasteiger partial charge in [-0.3, -0.25) is 9.59 Å². The van der Waals surface area contributed by atoms with Gasteiger partial charge >= 0.3 is 0 Å². The third-order valence-electron chi connectivity index (χ3n) is 3.22. The van der Waals surface area contributed by atoms with Gasteiger partial charge in [0.1, 0.15) is 5.75 Å². The number of benzene rings is 2. The number of rotatable bonds is 3. The Labute approximate surface area is 132 Å². The van der Waals surface area contributed by atoms with Gasteiger partial charge in [0, 0.05) is 0 Å². The number of methoxy groups -OCH3 is 1. The Kier molecular flexibility index (Phi) is 3.98. The zero-order valence-corrected chi connectivity index (χ0v) is 12.7. The van der Waals surface area contributed by atoms with Crippen molar-refractivity contribution in [3.63, 3.8) is 0 Å². The monoisotopic (exact) mass is 311 g/mol. The summed E-state index contributed by atoms with van der Waals surface area (Å²) in [7, 11) is 1.60. The highest BCUT2D eigenvalue weighted by atomic mass is 32.2. The van der Waals surface area contributed by atoms with E-state index >= 15 is 0 Å². The molecule has 110 valence electrons. The quantitative estimate of drug-likeness (QED) is 0.806. The van der Waals surface area contributed by atoms with E-state index in [2.05, 4.69) is 0 Å². The van der Waals surface area contributed by atoms with Gasteiger partial charge in [0.15, 0.2) is 0 Å². The summed E-state index contributed by atoms with van der Waals surface area (Å²) >= 11 is 0.949. The van der Waals surface area contributed by atoms with Crippen molar-refractivity contribution in [2.45, 2.75) is 0 Å². The number of anilines is 1. The number of imide groups is 1. The summed E-state index contributed by atoms with van der Waals surface area (Å²) in [5, 5.41) is -0.282. The molecule has 2 amide bonds. The van der Waals surface area contributed by atoms with Crippen molar-refractivity contribution in [1.29, 1.82) is 0 Å². The van der Waals surface area contributed by atoms with Gasteiger partial charge in [0.25, 0.3) is 11.1 Å². The van der Waals surface area contributed by atoms with Crippen LogP contribution >= 0.6 is 11.8 Å². The highest BCUT2D eigenvalue weighted by molar-refractivity contribution is 8.19. The van der Waals surface area contributed by atoms with E-state index in [1.807, 2.05) is 30.3 Å². The predicted octanol–water partition coefficient (Wildman–Crippen LogP) is 3.94. The fraction of sp³-hybridized carbons (Fsp3) is 0.0588. The molecule has 4 nitrogen and oxygen atoms in total. The molecule has 22 heavy (non-hydrogen) atoms. The van der Waals surface area contributed by atoms with E-state index in [4.69, 9.17) is 4.74 Å². The standard InChI is InChI=1S/C17H13NO3S/c1-21-14-9-7-12(8-10-14)11-15-16(19)18(17(20)22-15)13-5-3-2-4-6-13/h2-11H,1H3/b15-11-. The van der Waals surface area contributed by atoms with Crippen molar-refractivity contribution >= 4 is 34.7 Å². The first-order valence-electron chi connectivity index (χ1n) is 6.66. The van der Waals surface area contributed by atoms with Crippen molar-refractivity contribution in [2.75, 3.05) is 12.0 Å². The molecule has 2 aromatic rings. The van der Waals surface area contributed by atoms with Crippen LogP contribution in [0.1, 0.15) is 5.56 Å². The summed E-state index contributed by atoms with van der Waals surface area (Å²) in [4.78, 5) is 26.1. The lowest BCUT2D eigenvalue weighted by molar-refractivity contribution is -0.113. The van der Waals surface area contributed by atoms with Crippen LogP contribution in [-0.4, -0.2) is 18.3 Å². The topological polar surface area (TPSA) is 46.6 Å². The first-order chi connectivity index (χ1) is 10.7. The minimum Gasteiger partial charge on any atom is -0.497 e. The normalized spacial score (nSPS) is 16.4. The van der Waals surface area contributed by atoms with Crippen molar-refractivity contribution in [2.24, 2.45) is 0 Å². The van der Waals surface area contributed by atoms with Crippen molar-refractivity contribution < 1.29 is 14.3 Å². The zero-order valence-electron chi connectivity index (χ0n) is 11.9. The number of ether oxygens (including phenoxy) is 1. The van der Waals surface area contributed by atoms with Crippen LogP contribution in [0, 0.1) is 0 Å². The van der Waals surface area contributed by atoms with E-state index in [1.165, 1.54) is 4.90 Å². The molecule has 1 heterocycles. The lowest BCUT2D eigenvalue weighted by Gasteiger charge is -2.11. The number of amides is 2. The van der Waals surface area contributed by atoms with Crippen molar-refractivity contribution in [3.8, 4) is 5.75 Å². The number of hydrogen-bond acceptors (Lipinski definition) is 4. The molecule has 0 spiro atoms. The molecule has 0 aliphatic carbocycles. The lowest BCUT2D eigenvalue weighted by atomic mass is 10.2. The molecule has 0 aromatic heterocycles. The summed E-state index contributed by atoms with van der Waals surface area (Å²) in [5.74, 6) is 0.451. The van der Waals surface area contributed by atoms with E-state index in [-0.39, 0.29) is 11.1 Å². The third kappa shape index (κ3) is 2.76. The Bertz CT molecular complexity index is 738. The van der Waals surface area contributed by atoms with Gasteiger partial charge in [-0.05, 0) is 47.7 Å². The van der Waals surface area contributed by atoms with E-state index in [0.717, 1.165) is 23.1 Å². The Morgan fingerprint density at radius 2 is 1.68 bits per heavy atom. The molecule has 0 saturated carbocycles. The number of thioether (sulfide) groups is 1. The van der Waals surface area contributed by atoms with Crippen LogP contribution < -0.4 is 9.64 Å². The molecule has 0 radical (unpaired) electrons. The van der Waals surface area contributed by atoms with Crippen LogP contribution in [0.5, 0.6) is 5.75 Å². The van der Waals surface area contributed by atoms with Crippen LogP contribution in [0.2, 0.25) is 0 Å². The number of carbonyl (C=O) groups excluding carboxylic acids is 2. The second kappa shape index (κ2) is 6.07. The summed E-state index contributed by atoms with van der Waals surface area (Å²) < 4.78 is 5.10. The fourth-order valence-corrected chi connectivity index (χ4v) is 2.96. The number of para-hydroxylation sites is 1. The lowest BCUT2D eigenvalue weighted by Crippen LogP contribution is -2.27. The van der Waals surface area contributed by atoms with Crippen molar-refractivity contribution in [1.82, 2.24) is 0 Å². The molecule has 0 unspecified atom stereocenters. The summed E-state index contributed by atoms with van der Waals surface area (Å²) in [6.45, 7) is 0. The summed E-state index contributed by atoms with van der Waals surface area (Å²) in [5.41, 5.74) is 1.43. The molecule has 2 aromatic carbocycles. The van der Waals surface area contributed by atoms with Gasteiger partial charge in [-0.1, -0.05) is 30.3 Å². The zero-order chi connectivity index (χ0) is 15.5. The molecule has 0 N–H and O–H groups in total. The number of carbonyl (C=O) groups is 2. The highest BCUT2D eigenvalue weighted by Crippen LogP contribution is 2.35. The van der Waals surface area contributed by atoms with Gasteiger partial charge < -0.3 is 4.74 Å². The Balaban J connectivity index is 1.88. The molecule has 1 aliphatic heterocycles. The highest BCUT2D eigenvalue weighted by Gasteiger charge is 2.36.